The first-order valence-electron chi connectivity index (χ1n) is 11.5. The molecule has 3 heterocycles. The lowest BCUT2D eigenvalue weighted by atomic mass is 10.0. The number of carbonyl (C=O) groups excluding carboxylic acids is 1. The molecule has 0 atom stereocenters. The molecule has 184 valence electrons. The number of carbonyl (C=O) groups is 1. The van der Waals surface area contributed by atoms with Crippen molar-refractivity contribution in [2.45, 2.75) is 26.2 Å². The van der Waals surface area contributed by atoms with Crippen LogP contribution in [0.15, 0.2) is 58.3 Å². The average Bonchev–Trinajstić information content (AvgIpc) is 3.50. The van der Waals surface area contributed by atoms with Gasteiger partial charge in [0.05, 0.1) is 11.4 Å². The minimum absolute atomic E-state index is 0.0135. The maximum Gasteiger partial charge on any atom is 0.293 e. The van der Waals surface area contributed by atoms with E-state index in [-0.39, 0.29) is 23.1 Å². The first kappa shape index (κ1) is 23.1. The van der Waals surface area contributed by atoms with E-state index in [1.54, 1.807) is 19.1 Å². The summed E-state index contributed by atoms with van der Waals surface area (Å²) in [4.78, 5) is 15.3. The van der Waals surface area contributed by atoms with Crippen molar-refractivity contribution in [3.63, 3.8) is 0 Å². The molecule has 0 saturated carbocycles. The number of piperidine rings is 1. The monoisotopic (exact) mass is 489 g/mol. The highest BCUT2D eigenvalue weighted by molar-refractivity contribution is 6.13. The zero-order valence-corrected chi connectivity index (χ0v) is 19.6. The van der Waals surface area contributed by atoms with E-state index in [2.05, 4.69) is 40.7 Å². The Kier molecular flexibility index (Phi) is 6.39. The highest BCUT2D eigenvalue weighted by Crippen LogP contribution is 2.22. The second-order valence-electron chi connectivity index (χ2n) is 8.41. The van der Waals surface area contributed by atoms with Gasteiger partial charge in [-0.3, -0.25) is 4.79 Å². The number of aromatic nitrogens is 5. The smallest absolute Gasteiger partial charge is 0.293 e. The fraction of sp³-hybridized carbons (Fsp3) is 0.250. The van der Waals surface area contributed by atoms with E-state index in [1.807, 2.05) is 24.3 Å². The number of halogens is 1. The number of nitrogens with two attached hydrogens (primary N) is 1. The van der Waals surface area contributed by atoms with Crippen LogP contribution in [0.25, 0.3) is 5.82 Å². The number of hydrazone groups is 1. The average molecular weight is 490 g/mol. The van der Waals surface area contributed by atoms with E-state index >= 15 is 0 Å². The van der Waals surface area contributed by atoms with Crippen molar-refractivity contribution in [1.29, 1.82) is 0 Å². The number of rotatable bonds is 6. The van der Waals surface area contributed by atoms with Gasteiger partial charge in [0.1, 0.15) is 5.82 Å². The summed E-state index contributed by atoms with van der Waals surface area (Å²) in [6, 6.07) is 13.9. The van der Waals surface area contributed by atoms with Crippen LogP contribution < -0.4 is 16.1 Å². The van der Waals surface area contributed by atoms with Crippen molar-refractivity contribution in [3.05, 3.63) is 76.9 Å². The zero-order chi connectivity index (χ0) is 25.1. The molecule has 2 aromatic heterocycles. The number of benzene rings is 2. The largest absolute Gasteiger partial charge is 0.378 e. The lowest BCUT2D eigenvalue weighted by molar-refractivity contribution is 0.0949. The van der Waals surface area contributed by atoms with Gasteiger partial charge in [0.15, 0.2) is 5.69 Å². The molecule has 1 aliphatic heterocycles. The van der Waals surface area contributed by atoms with Crippen molar-refractivity contribution in [2.24, 2.45) is 5.10 Å². The molecule has 1 aliphatic rings. The Labute approximate surface area is 205 Å². The van der Waals surface area contributed by atoms with Crippen LogP contribution in [-0.2, 0) is 0 Å². The fourth-order valence-electron chi connectivity index (χ4n) is 4.12. The van der Waals surface area contributed by atoms with Crippen LogP contribution in [0, 0.1) is 12.7 Å². The third kappa shape index (κ3) is 4.65. The number of nitrogens with one attached hydrogen (secondary N) is 1. The third-order valence-electron chi connectivity index (χ3n) is 6.05. The Morgan fingerprint density at radius 1 is 1.03 bits per heavy atom. The van der Waals surface area contributed by atoms with E-state index in [1.165, 1.54) is 36.1 Å². The Morgan fingerprint density at radius 2 is 1.69 bits per heavy atom. The van der Waals surface area contributed by atoms with Gasteiger partial charge in [0.2, 0.25) is 11.6 Å². The van der Waals surface area contributed by atoms with Gasteiger partial charge in [0, 0.05) is 29.9 Å². The Balaban J connectivity index is 1.42. The number of amides is 1. The van der Waals surface area contributed by atoms with Crippen LogP contribution >= 0.6 is 0 Å². The normalized spacial score (nSPS) is 14.2. The third-order valence-corrected chi connectivity index (χ3v) is 6.05. The standard InChI is InChI=1S/C24H24FN9O2/c1-15-20(28-32-34(15)23-22(26)30-36-31-23)24(35)29-27-21(16-5-9-18(25)10-6-16)17-7-11-19(12-8-17)33-13-3-2-4-14-33/h5-12H,2-4,13-14H2,1H3,(H2,26,30)(H,29,35)/b27-21+. The van der Waals surface area contributed by atoms with Gasteiger partial charge in [-0.1, -0.05) is 17.3 Å². The van der Waals surface area contributed by atoms with Crippen LogP contribution in [0.4, 0.5) is 15.9 Å². The van der Waals surface area contributed by atoms with Crippen LogP contribution in [-0.4, -0.2) is 50.0 Å². The van der Waals surface area contributed by atoms with Gasteiger partial charge in [-0.05, 0) is 72.9 Å². The molecule has 0 aliphatic carbocycles. The summed E-state index contributed by atoms with van der Waals surface area (Å²) in [6.07, 6.45) is 3.62. The second-order valence-corrected chi connectivity index (χ2v) is 8.41. The molecule has 0 spiro atoms. The summed E-state index contributed by atoms with van der Waals surface area (Å²) in [5, 5.41) is 19.4. The predicted molar refractivity (Wildman–Crippen MR) is 130 cm³/mol. The summed E-state index contributed by atoms with van der Waals surface area (Å²) >= 11 is 0. The van der Waals surface area contributed by atoms with Crippen LogP contribution in [0.2, 0.25) is 0 Å². The zero-order valence-electron chi connectivity index (χ0n) is 19.6. The molecular formula is C24H24FN9O2. The van der Waals surface area contributed by atoms with E-state index < -0.39 is 5.91 Å². The molecule has 1 fully saturated rings. The van der Waals surface area contributed by atoms with Gasteiger partial charge in [-0.15, -0.1) is 5.10 Å². The number of anilines is 2. The Hall–Kier alpha value is -4.61. The molecular weight excluding hydrogens is 465 g/mol. The Morgan fingerprint density at radius 3 is 2.33 bits per heavy atom. The Bertz CT molecular complexity index is 1390. The molecule has 0 unspecified atom stereocenters. The molecule has 2 aromatic carbocycles. The van der Waals surface area contributed by atoms with Gasteiger partial charge in [-0.2, -0.15) is 9.78 Å². The summed E-state index contributed by atoms with van der Waals surface area (Å²) < 4.78 is 19.4. The molecule has 1 amide bonds. The van der Waals surface area contributed by atoms with E-state index in [4.69, 9.17) is 5.73 Å². The maximum atomic E-state index is 13.6. The number of hydrogen-bond donors (Lipinski definition) is 2. The fourth-order valence-corrected chi connectivity index (χ4v) is 4.12. The van der Waals surface area contributed by atoms with Crippen molar-refractivity contribution in [1.82, 2.24) is 30.7 Å². The van der Waals surface area contributed by atoms with E-state index in [9.17, 15) is 9.18 Å². The highest BCUT2D eigenvalue weighted by Gasteiger charge is 2.21. The molecule has 1 saturated heterocycles. The number of nitrogens with zero attached hydrogens (tertiary/aromatic N) is 7. The lowest BCUT2D eigenvalue weighted by Crippen LogP contribution is -2.29. The molecule has 0 bridgehead atoms. The van der Waals surface area contributed by atoms with Crippen LogP contribution in [0.1, 0.15) is 46.6 Å². The van der Waals surface area contributed by atoms with Gasteiger partial charge in [-0.25, -0.2) is 14.4 Å². The lowest BCUT2D eigenvalue weighted by Gasteiger charge is -2.28. The van der Waals surface area contributed by atoms with Crippen molar-refractivity contribution in [2.75, 3.05) is 23.7 Å². The molecule has 5 rings (SSSR count). The second kappa shape index (κ2) is 9.94. The van der Waals surface area contributed by atoms with Crippen LogP contribution in [0.3, 0.4) is 0 Å². The summed E-state index contributed by atoms with van der Waals surface area (Å²) in [6.45, 7) is 3.70. The van der Waals surface area contributed by atoms with Gasteiger partial charge >= 0.3 is 0 Å². The molecule has 0 radical (unpaired) electrons. The van der Waals surface area contributed by atoms with E-state index in [0.29, 0.717) is 17.0 Å². The van der Waals surface area contributed by atoms with Crippen molar-refractivity contribution < 1.29 is 13.8 Å². The van der Waals surface area contributed by atoms with Gasteiger partial charge in [0.25, 0.3) is 5.91 Å². The topological polar surface area (TPSA) is 140 Å². The first-order valence-corrected chi connectivity index (χ1v) is 11.5. The summed E-state index contributed by atoms with van der Waals surface area (Å²) in [5.74, 6) is -0.808. The molecule has 4 aromatic rings. The molecule has 12 heteroatoms. The van der Waals surface area contributed by atoms with E-state index in [0.717, 1.165) is 24.3 Å². The highest BCUT2D eigenvalue weighted by atomic mass is 19.1. The molecule has 3 N–H and O–H groups in total. The minimum Gasteiger partial charge on any atom is -0.378 e. The maximum absolute atomic E-state index is 13.6. The number of nitrogen functional groups attached to an aromatic ring is 1. The molecule has 11 nitrogen and oxygen atoms in total. The van der Waals surface area contributed by atoms with Crippen molar-refractivity contribution in [3.8, 4) is 5.82 Å². The minimum atomic E-state index is -0.585. The molecule has 36 heavy (non-hydrogen) atoms. The van der Waals surface area contributed by atoms with Crippen molar-refractivity contribution >= 4 is 23.1 Å². The SMILES string of the molecule is Cc1c(C(=O)N/N=C(\c2ccc(F)cc2)c2ccc(N3CCCCC3)cc2)nnn1-c1nonc1N. The van der Waals surface area contributed by atoms with Gasteiger partial charge < -0.3 is 10.6 Å². The predicted octanol–water partition coefficient (Wildman–Crippen LogP) is 2.85. The quantitative estimate of drug-likeness (QED) is 0.311. The summed E-state index contributed by atoms with van der Waals surface area (Å²) in [5.41, 5.74) is 11.7. The van der Waals surface area contributed by atoms with Crippen LogP contribution in [0.5, 0.6) is 0 Å². The summed E-state index contributed by atoms with van der Waals surface area (Å²) in [7, 11) is 0. The number of hydrogen-bond acceptors (Lipinski definition) is 9. The first-order chi connectivity index (χ1) is 17.5.